The van der Waals surface area contributed by atoms with E-state index in [-0.39, 0.29) is 24.0 Å². The Bertz CT molecular complexity index is 321. The number of rotatable bonds is 6. The minimum atomic E-state index is 0. The van der Waals surface area contributed by atoms with Gasteiger partial charge in [0.15, 0.2) is 5.96 Å². The first kappa shape index (κ1) is 21.0. The lowest BCUT2D eigenvalue weighted by molar-refractivity contribution is 0.224. The summed E-state index contributed by atoms with van der Waals surface area (Å²) in [7, 11) is 1.91. The molecule has 136 valence electrons. The van der Waals surface area contributed by atoms with Gasteiger partial charge in [0.1, 0.15) is 0 Å². The molecule has 5 heteroatoms. The first-order valence-corrected chi connectivity index (χ1v) is 9.47. The van der Waals surface area contributed by atoms with Gasteiger partial charge in [-0.25, -0.2) is 0 Å². The van der Waals surface area contributed by atoms with E-state index >= 15 is 0 Å². The van der Waals surface area contributed by atoms with Crippen molar-refractivity contribution >= 4 is 29.9 Å². The Labute approximate surface area is 160 Å². The van der Waals surface area contributed by atoms with E-state index in [4.69, 9.17) is 0 Å². The van der Waals surface area contributed by atoms with Gasteiger partial charge < -0.3 is 15.1 Å². The first-order valence-electron chi connectivity index (χ1n) is 9.47. The number of halogens is 1. The fraction of sp³-hybridized carbons (Fsp3) is 0.944. The van der Waals surface area contributed by atoms with Crippen molar-refractivity contribution in [2.45, 2.75) is 58.3 Å². The van der Waals surface area contributed by atoms with Crippen LogP contribution in [0.3, 0.4) is 0 Å². The summed E-state index contributed by atoms with van der Waals surface area (Å²) in [5, 5.41) is 3.55. The summed E-state index contributed by atoms with van der Waals surface area (Å²) in [5.41, 5.74) is 0. The molecule has 2 heterocycles. The SMILES string of the molecule is CN=C(NCCCCCN1CCCCC1)N1CCC(C)CC1.I. The molecular formula is C18H37IN4. The number of nitrogens with zero attached hydrogens (tertiary/aromatic N) is 3. The van der Waals surface area contributed by atoms with Crippen LogP contribution in [0, 0.1) is 5.92 Å². The van der Waals surface area contributed by atoms with Crippen LogP contribution in [0.5, 0.6) is 0 Å². The highest BCUT2D eigenvalue weighted by Crippen LogP contribution is 2.15. The lowest BCUT2D eigenvalue weighted by Gasteiger charge is -2.33. The van der Waals surface area contributed by atoms with E-state index in [1.54, 1.807) is 0 Å². The lowest BCUT2D eigenvalue weighted by Crippen LogP contribution is -2.45. The zero-order valence-electron chi connectivity index (χ0n) is 15.2. The Balaban J connectivity index is 0.00000264. The summed E-state index contributed by atoms with van der Waals surface area (Å²) >= 11 is 0. The van der Waals surface area contributed by atoms with Crippen LogP contribution < -0.4 is 5.32 Å². The number of hydrogen-bond donors (Lipinski definition) is 1. The van der Waals surface area contributed by atoms with Crippen LogP contribution in [0.2, 0.25) is 0 Å². The van der Waals surface area contributed by atoms with Gasteiger partial charge in [-0.15, -0.1) is 24.0 Å². The van der Waals surface area contributed by atoms with Crippen LogP contribution in [0.4, 0.5) is 0 Å². The van der Waals surface area contributed by atoms with E-state index in [1.807, 2.05) is 7.05 Å². The number of likely N-dealkylation sites (tertiary alicyclic amines) is 2. The average Bonchev–Trinajstić information content (AvgIpc) is 2.56. The molecule has 0 saturated carbocycles. The molecule has 0 atom stereocenters. The topological polar surface area (TPSA) is 30.9 Å². The molecule has 0 unspecified atom stereocenters. The Hall–Kier alpha value is -0.0400. The molecule has 4 nitrogen and oxygen atoms in total. The van der Waals surface area contributed by atoms with Gasteiger partial charge in [0.05, 0.1) is 0 Å². The summed E-state index contributed by atoms with van der Waals surface area (Å²) in [4.78, 5) is 9.52. The molecule has 23 heavy (non-hydrogen) atoms. The molecular weight excluding hydrogens is 399 g/mol. The molecule has 0 aromatic rings. The Morgan fingerprint density at radius 2 is 1.70 bits per heavy atom. The zero-order valence-corrected chi connectivity index (χ0v) is 17.6. The quantitative estimate of drug-likeness (QED) is 0.299. The summed E-state index contributed by atoms with van der Waals surface area (Å²) in [6.07, 6.45) is 10.8. The van der Waals surface area contributed by atoms with Crippen molar-refractivity contribution < 1.29 is 0 Å². The number of nitrogens with one attached hydrogen (secondary N) is 1. The van der Waals surface area contributed by atoms with E-state index in [0.717, 1.165) is 31.5 Å². The molecule has 2 aliphatic rings. The van der Waals surface area contributed by atoms with Crippen LogP contribution >= 0.6 is 24.0 Å². The van der Waals surface area contributed by atoms with Crippen LogP contribution in [-0.4, -0.2) is 62.1 Å². The molecule has 0 spiro atoms. The molecule has 0 bridgehead atoms. The van der Waals surface area contributed by atoms with Crippen LogP contribution in [0.1, 0.15) is 58.3 Å². The molecule has 0 aliphatic carbocycles. The molecule has 1 N–H and O–H groups in total. The third kappa shape index (κ3) is 8.05. The number of unbranched alkanes of at least 4 members (excludes halogenated alkanes) is 2. The third-order valence-electron chi connectivity index (χ3n) is 5.18. The van der Waals surface area contributed by atoms with Gasteiger partial charge >= 0.3 is 0 Å². The van der Waals surface area contributed by atoms with Crippen molar-refractivity contribution in [1.29, 1.82) is 0 Å². The zero-order chi connectivity index (χ0) is 15.6. The highest BCUT2D eigenvalue weighted by atomic mass is 127. The molecule has 0 aromatic heterocycles. The average molecular weight is 436 g/mol. The Kier molecular flexibility index (Phi) is 11.3. The minimum Gasteiger partial charge on any atom is -0.356 e. The van der Waals surface area contributed by atoms with E-state index in [1.165, 1.54) is 71.0 Å². The number of piperidine rings is 2. The summed E-state index contributed by atoms with van der Waals surface area (Å²) in [5.74, 6) is 1.99. The third-order valence-corrected chi connectivity index (χ3v) is 5.18. The minimum absolute atomic E-state index is 0. The number of aliphatic imine (C=N–C) groups is 1. The molecule has 0 radical (unpaired) electrons. The second kappa shape index (κ2) is 12.3. The predicted molar refractivity (Wildman–Crippen MR) is 111 cm³/mol. The first-order chi connectivity index (χ1) is 10.8. The number of guanidine groups is 1. The summed E-state index contributed by atoms with van der Waals surface area (Å²) in [6.45, 7) is 9.72. The van der Waals surface area contributed by atoms with Crippen molar-refractivity contribution in [2.24, 2.45) is 10.9 Å². The fourth-order valence-corrected chi connectivity index (χ4v) is 3.57. The maximum absolute atomic E-state index is 4.45. The largest absolute Gasteiger partial charge is 0.356 e. The smallest absolute Gasteiger partial charge is 0.193 e. The monoisotopic (exact) mass is 436 g/mol. The second-order valence-electron chi connectivity index (χ2n) is 7.11. The molecule has 2 fully saturated rings. The van der Waals surface area contributed by atoms with Gasteiger partial charge in [0.25, 0.3) is 0 Å². The Morgan fingerprint density at radius 1 is 1.00 bits per heavy atom. The maximum Gasteiger partial charge on any atom is 0.193 e. The van der Waals surface area contributed by atoms with Crippen molar-refractivity contribution in [1.82, 2.24) is 15.1 Å². The van der Waals surface area contributed by atoms with Gasteiger partial charge in [-0.3, -0.25) is 4.99 Å². The molecule has 0 aromatic carbocycles. The standard InChI is InChI=1S/C18H36N4.HI/c1-17-9-15-22(16-10-17)18(19-2)20-11-5-3-6-12-21-13-7-4-8-14-21;/h17H,3-16H2,1-2H3,(H,19,20);1H. The van der Waals surface area contributed by atoms with Gasteiger partial charge in [0, 0.05) is 26.7 Å². The highest BCUT2D eigenvalue weighted by molar-refractivity contribution is 14.0. The highest BCUT2D eigenvalue weighted by Gasteiger charge is 2.18. The van der Waals surface area contributed by atoms with E-state index in [2.05, 4.69) is 27.0 Å². The molecule has 0 amide bonds. The predicted octanol–water partition coefficient (Wildman–Crippen LogP) is 3.57. The van der Waals surface area contributed by atoms with Gasteiger partial charge in [-0.1, -0.05) is 19.8 Å². The molecule has 2 rings (SSSR count). The summed E-state index contributed by atoms with van der Waals surface area (Å²) in [6, 6.07) is 0. The normalized spacial score (nSPS) is 21.1. The van der Waals surface area contributed by atoms with Crippen molar-refractivity contribution in [3.8, 4) is 0 Å². The Morgan fingerprint density at radius 3 is 2.35 bits per heavy atom. The van der Waals surface area contributed by atoms with Gasteiger partial charge in [-0.05, 0) is 64.1 Å². The van der Waals surface area contributed by atoms with E-state index in [9.17, 15) is 0 Å². The van der Waals surface area contributed by atoms with Crippen molar-refractivity contribution in [2.75, 3.05) is 46.3 Å². The number of hydrogen-bond acceptors (Lipinski definition) is 2. The lowest BCUT2D eigenvalue weighted by atomic mass is 10.00. The second-order valence-corrected chi connectivity index (χ2v) is 7.11. The maximum atomic E-state index is 4.45. The van der Waals surface area contributed by atoms with Gasteiger partial charge in [0.2, 0.25) is 0 Å². The van der Waals surface area contributed by atoms with Crippen LogP contribution in [-0.2, 0) is 0 Å². The molecule has 2 aliphatic heterocycles. The van der Waals surface area contributed by atoms with Crippen molar-refractivity contribution in [3.63, 3.8) is 0 Å². The molecule has 2 saturated heterocycles. The van der Waals surface area contributed by atoms with E-state index < -0.39 is 0 Å². The van der Waals surface area contributed by atoms with Crippen LogP contribution in [0.25, 0.3) is 0 Å². The summed E-state index contributed by atoms with van der Waals surface area (Å²) < 4.78 is 0. The van der Waals surface area contributed by atoms with E-state index in [0.29, 0.717) is 0 Å². The van der Waals surface area contributed by atoms with Crippen molar-refractivity contribution in [3.05, 3.63) is 0 Å². The van der Waals surface area contributed by atoms with Gasteiger partial charge in [-0.2, -0.15) is 0 Å². The fourth-order valence-electron chi connectivity index (χ4n) is 3.57. The van der Waals surface area contributed by atoms with Crippen LogP contribution in [0.15, 0.2) is 4.99 Å².